The standard InChI is InChI=1S/C25H28N6O7S/c1-16-7-5-6-10-20(16)39(37,38)31-25(36)30-22(17-8-3-2-4-9-17)23(33)27-12-11-21(32)29-19(24(34)35)13-18-14-26-15-28-18/h2-10,14-15,19,22H,11-13H2,1H3,(H,26,28)(H,27,33)(H,29,32)(H,34,35)(H2,30,31,36)/t19-,22-/m0/s1. The minimum atomic E-state index is -4.21. The van der Waals surface area contributed by atoms with E-state index in [1.165, 1.54) is 24.7 Å². The molecule has 0 spiro atoms. The van der Waals surface area contributed by atoms with Gasteiger partial charge in [-0.15, -0.1) is 0 Å². The van der Waals surface area contributed by atoms with Gasteiger partial charge in [0.05, 0.1) is 11.2 Å². The van der Waals surface area contributed by atoms with Crippen molar-refractivity contribution in [2.75, 3.05) is 6.54 Å². The zero-order chi connectivity index (χ0) is 28.4. The Balaban J connectivity index is 1.60. The lowest BCUT2D eigenvalue weighted by Gasteiger charge is -2.20. The fraction of sp³-hybridized carbons (Fsp3) is 0.240. The van der Waals surface area contributed by atoms with Crippen molar-refractivity contribution in [1.29, 1.82) is 0 Å². The van der Waals surface area contributed by atoms with Gasteiger partial charge in [-0.2, -0.15) is 0 Å². The average Bonchev–Trinajstić information content (AvgIpc) is 3.40. The molecular weight excluding hydrogens is 528 g/mol. The molecule has 13 nitrogen and oxygen atoms in total. The molecule has 0 aliphatic rings. The smallest absolute Gasteiger partial charge is 0.329 e. The van der Waals surface area contributed by atoms with Crippen molar-refractivity contribution in [2.45, 2.75) is 36.7 Å². The number of aliphatic carboxylic acids is 1. The highest BCUT2D eigenvalue weighted by atomic mass is 32.2. The van der Waals surface area contributed by atoms with Crippen LogP contribution in [0, 0.1) is 6.92 Å². The minimum Gasteiger partial charge on any atom is -0.480 e. The molecule has 39 heavy (non-hydrogen) atoms. The van der Waals surface area contributed by atoms with Crippen molar-refractivity contribution < 1.29 is 32.7 Å². The Kier molecular flexibility index (Phi) is 9.75. The topological polar surface area (TPSA) is 199 Å². The van der Waals surface area contributed by atoms with Crippen LogP contribution in [0.15, 0.2) is 72.0 Å². The SMILES string of the molecule is Cc1ccccc1S(=O)(=O)NC(=O)N[C@H](C(=O)NCCC(=O)N[C@@H](Cc1cnc[nH]1)C(=O)O)c1ccccc1. The maximum absolute atomic E-state index is 13.0. The summed E-state index contributed by atoms with van der Waals surface area (Å²) in [5.74, 6) is -2.56. The Bertz CT molecular complexity index is 1410. The number of urea groups is 1. The number of aryl methyl sites for hydroxylation is 1. The van der Waals surface area contributed by atoms with Crippen LogP contribution < -0.4 is 20.7 Å². The van der Waals surface area contributed by atoms with Gasteiger partial charge in [0.15, 0.2) is 0 Å². The van der Waals surface area contributed by atoms with Crippen LogP contribution in [0.5, 0.6) is 0 Å². The number of rotatable bonds is 12. The maximum atomic E-state index is 13.0. The van der Waals surface area contributed by atoms with Gasteiger partial charge in [0, 0.05) is 31.3 Å². The van der Waals surface area contributed by atoms with E-state index in [0.29, 0.717) is 16.8 Å². The molecular formula is C25H28N6O7S. The molecule has 0 bridgehead atoms. The number of nitrogens with one attached hydrogen (secondary N) is 5. The summed E-state index contributed by atoms with van der Waals surface area (Å²) in [4.78, 5) is 55.9. The second kappa shape index (κ2) is 13.2. The van der Waals surface area contributed by atoms with Crippen LogP contribution >= 0.6 is 0 Å². The summed E-state index contributed by atoms with van der Waals surface area (Å²) in [5.41, 5.74) is 1.33. The van der Waals surface area contributed by atoms with Gasteiger partial charge in [-0.1, -0.05) is 48.5 Å². The highest BCUT2D eigenvalue weighted by Crippen LogP contribution is 2.15. The van der Waals surface area contributed by atoms with Gasteiger partial charge in [0.2, 0.25) is 11.8 Å². The third-order valence-electron chi connectivity index (χ3n) is 5.54. The van der Waals surface area contributed by atoms with E-state index < -0.39 is 45.9 Å². The highest BCUT2D eigenvalue weighted by Gasteiger charge is 2.26. The zero-order valence-electron chi connectivity index (χ0n) is 20.9. The summed E-state index contributed by atoms with van der Waals surface area (Å²) in [6, 6.07) is 10.6. The number of benzene rings is 2. The fourth-order valence-corrected chi connectivity index (χ4v) is 4.79. The molecule has 3 rings (SSSR count). The molecule has 0 aliphatic heterocycles. The molecule has 0 saturated heterocycles. The van der Waals surface area contributed by atoms with E-state index in [0.717, 1.165) is 0 Å². The van der Waals surface area contributed by atoms with E-state index in [9.17, 15) is 32.7 Å². The molecule has 6 N–H and O–H groups in total. The number of hydrogen-bond acceptors (Lipinski definition) is 7. The summed E-state index contributed by atoms with van der Waals surface area (Å²) in [6.07, 6.45) is 2.59. The molecule has 4 amide bonds. The van der Waals surface area contributed by atoms with Crippen molar-refractivity contribution >= 4 is 33.8 Å². The Morgan fingerprint density at radius 1 is 1.00 bits per heavy atom. The number of carboxylic acid groups (broad SMARTS) is 1. The summed E-state index contributed by atoms with van der Waals surface area (Å²) < 4.78 is 27.2. The number of imidazole rings is 1. The Morgan fingerprint density at radius 2 is 1.69 bits per heavy atom. The second-order valence-electron chi connectivity index (χ2n) is 8.47. The molecule has 1 heterocycles. The number of carboxylic acids is 1. The average molecular weight is 557 g/mol. The van der Waals surface area contributed by atoms with Crippen LogP contribution in [0.1, 0.15) is 29.3 Å². The number of hydrogen-bond donors (Lipinski definition) is 6. The number of H-pyrrole nitrogens is 1. The largest absolute Gasteiger partial charge is 0.480 e. The number of aromatic amines is 1. The zero-order valence-corrected chi connectivity index (χ0v) is 21.7. The number of carbonyl (C=O) groups excluding carboxylic acids is 3. The molecule has 0 saturated carbocycles. The first-order chi connectivity index (χ1) is 18.6. The van der Waals surface area contributed by atoms with Crippen molar-refractivity contribution in [1.82, 2.24) is 30.6 Å². The third kappa shape index (κ3) is 8.39. The van der Waals surface area contributed by atoms with Gasteiger partial charge >= 0.3 is 12.0 Å². The highest BCUT2D eigenvalue weighted by molar-refractivity contribution is 7.90. The molecule has 1 aromatic heterocycles. The van der Waals surface area contributed by atoms with Crippen LogP contribution in [-0.4, -0.2) is 59.9 Å². The number of carbonyl (C=O) groups is 4. The van der Waals surface area contributed by atoms with Crippen LogP contribution in [-0.2, 0) is 30.8 Å². The van der Waals surface area contributed by atoms with Gasteiger partial charge in [-0.05, 0) is 24.1 Å². The van der Waals surface area contributed by atoms with Gasteiger partial charge in [-0.25, -0.2) is 27.7 Å². The molecule has 0 fully saturated rings. The van der Waals surface area contributed by atoms with Gasteiger partial charge in [-0.3, -0.25) is 9.59 Å². The van der Waals surface area contributed by atoms with Crippen LogP contribution in [0.25, 0.3) is 0 Å². The number of sulfonamides is 1. The summed E-state index contributed by atoms with van der Waals surface area (Å²) >= 11 is 0. The van der Waals surface area contributed by atoms with Crippen LogP contribution in [0.3, 0.4) is 0 Å². The molecule has 14 heteroatoms. The van der Waals surface area contributed by atoms with Gasteiger partial charge in [0.1, 0.15) is 12.1 Å². The quantitative estimate of drug-likeness (QED) is 0.188. The predicted octanol–water partition coefficient (Wildman–Crippen LogP) is 0.766. The van der Waals surface area contributed by atoms with Crippen LogP contribution in [0.4, 0.5) is 4.79 Å². The first-order valence-electron chi connectivity index (χ1n) is 11.8. The summed E-state index contributed by atoms with van der Waals surface area (Å²) in [6.45, 7) is 1.41. The molecule has 0 radical (unpaired) electrons. The molecule has 3 aromatic rings. The Hall–Kier alpha value is -4.72. The van der Waals surface area contributed by atoms with E-state index in [-0.39, 0.29) is 24.3 Å². The minimum absolute atomic E-state index is 0.00599. The van der Waals surface area contributed by atoms with E-state index in [1.807, 2.05) is 4.72 Å². The molecule has 2 atom stereocenters. The molecule has 0 aliphatic carbocycles. The number of amides is 4. The summed E-state index contributed by atoms with van der Waals surface area (Å²) in [7, 11) is -4.21. The predicted molar refractivity (Wildman–Crippen MR) is 139 cm³/mol. The molecule has 0 unspecified atom stereocenters. The maximum Gasteiger partial charge on any atom is 0.329 e. The lowest BCUT2D eigenvalue weighted by Crippen LogP contribution is -2.47. The van der Waals surface area contributed by atoms with E-state index in [2.05, 4.69) is 25.9 Å². The number of aromatic nitrogens is 2. The van der Waals surface area contributed by atoms with Crippen molar-refractivity contribution in [2.24, 2.45) is 0 Å². The van der Waals surface area contributed by atoms with Crippen molar-refractivity contribution in [3.63, 3.8) is 0 Å². The lowest BCUT2D eigenvalue weighted by atomic mass is 10.1. The van der Waals surface area contributed by atoms with E-state index in [1.54, 1.807) is 49.4 Å². The van der Waals surface area contributed by atoms with E-state index in [4.69, 9.17) is 0 Å². The fourth-order valence-electron chi connectivity index (χ4n) is 3.63. The molecule has 2 aromatic carbocycles. The van der Waals surface area contributed by atoms with Crippen molar-refractivity contribution in [3.05, 3.63) is 83.9 Å². The van der Waals surface area contributed by atoms with Gasteiger partial charge in [0.25, 0.3) is 10.0 Å². The first-order valence-corrected chi connectivity index (χ1v) is 13.3. The monoisotopic (exact) mass is 556 g/mol. The Labute approximate surface area is 224 Å². The molecule has 206 valence electrons. The number of nitrogens with zero attached hydrogens (tertiary/aromatic N) is 1. The van der Waals surface area contributed by atoms with Crippen LogP contribution in [0.2, 0.25) is 0 Å². The van der Waals surface area contributed by atoms with Gasteiger partial charge < -0.3 is 26.0 Å². The first kappa shape index (κ1) is 28.8. The second-order valence-corrected chi connectivity index (χ2v) is 10.1. The normalized spacial score (nSPS) is 12.5. The summed E-state index contributed by atoms with van der Waals surface area (Å²) in [5, 5.41) is 16.6. The Morgan fingerprint density at radius 3 is 2.33 bits per heavy atom. The third-order valence-corrected chi connectivity index (χ3v) is 7.04. The van der Waals surface area contributed by atoms with Crippen molar-refractivity contribution in [3.8, 4) is 0 Å². The van der Waals surface area contributed by atoms with E-state index >= 15 is 0 Å². The lowest BCUT2D eigenvalue weighted by molar-refractivity contribution is -0.141.